The van der Waals surface area contributed by atoms with Crippen LogP contribution in [0.3, 0.4) is 0 Å². The van der Waals surface area contributed by atoms with Gasteiger partial charge in [0, 0.05) is 25.7 Å². The molecule has 2 rings (SSSR count). The maximum absolute atomic E-state index is 11.3. The molecular formula is C12H21NO4. The number of nitrogens with one attached hydrogen (secondary N) is 1. The average molecular weight is 243 g/mol. The fourth-order valence-electron chi connectivity index (χ4n) is 2.50. The Balaban J connectivity index is 1.75. The molecule has 2 aliphatic heterocycles. The predicted molar refractivity (Wildman–Crippen MR) is 61.8 cm³/mol. The molecule has 0 radical (unpaired) electrons. The van der Waals surface area contributed by atoms with Crippen LogP contribution in [-0.4, -0.2) is 50.6 Å². The molecule has 0 aromatic heterocycles. The molecule has 2 heterocycles. The Hall–Kier alpha value is -0.650. The van der Waals surface area contributed by atoms with Gasteiger partial charge in [-0.3, -0.25) is 4.79 Å². The highest BCUT2D eigenvalue weighted by molar-refractivity contribution is 5.71. The topological polar surface area (TPSA) is 56.8 Å². The van der Waals surface area contributed by atoms with E-state index >= 15 is 0 Å². The van der Waals surface area contributed by atoms with Crippen molar-refractivity contribution in [3.8, 4) is 0 Å². The average Bonchev–Trinajstić information content (AvgIpc) is 2.75. The first-order chi connectivity index (χ1) is 8.24. The van der Waals surface area contributed by atoms with Crippen LogP contribution < -0.4 is 5.32 Å². The van der Waals surface area contributed by atoms with Gasteiger partial charge >= 0.3 is 5.97 Å². The lowest BCUT2D eigenvalue weighted by Crippen LogP contribution is -2.48. The van der Waals surface area contributed by atoms with Crippen LogP contribution in [0, 0.1) is 0 Å². The third-order valence-electron chi connectivity index (χ3n) is 3.40. The van der Waals surface area contributed by atoms with E-state index in [1.165, 1.54) is 0 Å². The van der Waals surface area contributed by atoms with Gasteiger partial charge in [0.2, 0.25) is 0 Å². The lowest BCUT2D eigenvalue weighted by molar-refractivity contribution is -0.142. The van der Waals surface area contributed by atoms with E-state index < -0.39 is 0 Å². The standard InChI is InChI=1S/C12H21NO4/c1-2-16-11(14)8-13-10-3-5-17-12(7-10)4-6-15-9-12/h10,13H,2-9H2,1H3. The molecule has 0 aromatic rings. The van der Waals surface area contributed by atoms with E-state index in [9.17, 15) is 4.79 Å². The summed E-state index contributed by atoms with van der Waals surface area (Å²) in [5, 5.41) is 3.25. The second-order valence-corrected chi connectivity index (χ2v) is 4.71. The summed E-state index contributed by atoms with van der Waals surface area (Å²) in [4.78, 5) is 11.3. The molecule has 2 fully saturated rings. The molecule has 2 unspecified atom stereocenters. The number of carbonyl (C=O) groups excluding carboxylic acids is 1. The highest BCUT2D eigenvalue weighted by Gasteiger charge is 2.40. The fourth-order valence-corrected chi connectivity index (χ4v) is 2.50. The zero-order chi connectivity index (χ0) is 12.1. The van der Waals surface area contributed by atoms with Crippen LogP contribution in [0.25, 0.3) is 0 Å². The zero-order valence-electron chi connectivity index (χ0n) is 10.4. The summed E-state index contributed by atoms with van der Waals surface area (Å²) in [6.45, 7) is 4.75. The Bertz CT molecular complexity index is 263. The number of hydrogen-bond acceptors (Lipinski definition) is 5. The lowest BCUT2D eigenvalue weighted by atomic mass is 9.90. The van der Waals surface area contributed by atoms with Gasteiger partial charge in [-0.1, -0.05) is 0 Å². The molecule has 0 aliphatic carbocycles. The summed E-state index contributed by atoms with van der Waals surface area (Å²) in [6.07, 6.45) is 2.83. The number of esters is 1. The third-order valence-corrected chi connectivity index (χ3v) is 3.40. The Morgan fingerprint density at radius 1 is 1.53 bits per heavy atom. The summed E-state index contributed by atoms with van der Waals surface area (Å²) < 4.78 is 16.1. The molecule has 17 heavy (non-hydrogen) atoms. The van der Waals surface area contributed by atoms with E-state index in [1.54, 1.807) is 0 Å². The quantitative estimate of drug-likeness (QED) is 0.728. The van der Waals surface area contributed by atoms with Crippen LogP contribution in [-0.2, 0) is 19.0 Å². The van der Waals surface area contributed by atoms with Crippen LogP contribution in [0.4, 0.5) is 0 Å². The van der Waals surface area contributed by atoms with Gasteiger partial charge in [0.25, 0.3) is 0 Å². The van der Waals surface area contributed by atoms with Crippen molar-refractivity contribution >= 4 is 5.97 Å². The van der Waals surface area contributed by atoms with Crippen molar-refractivity contribution in [1.82, 2.24) is 5.32 Å². The monoisotopic (exact) mass is 243 g/mol. The molecule has 0 saturated carbocycles. The van der Waals surface area contributed by atoms with Crippen LogP contribution in [0.2, 0.25) is 0 Å². The normalized spacial score (nSPS) is 32.9. The first-order valence-corrected chi connectivity index (χ1v) is 6.35. The Morgan fingerprint density at radius 2 is 2.41 bits per heavy atom. The predicted octanol–water partition coefficient (Wildman–Crippen LogP) is 0.477. The van der Waals surface area contributed by atoms with Crippen molar-refractivity contribution in [2.75, 3.05) is 33.0 Å². The number of hydrogen-bond donors (Lipinski definition) is 1. The minimum absolute atomic E-state index is 0.107. The van der Waals surface area contributed by atoms with Crippen molar-refractivity contribution < 1.29 is 19.0 Å². The van der Waals surface area contributed by atoms with E-state index in [1.807, 2.05) is 6.92 Å². The van der Waals surface area contributed by atoms with Crippen molar-refractivity contribution in [3.05, 3.63) is 0 Å². The maximum Gasteiger partial charge on any atom is 0.319 e. The highest BCUT2D eigenvalue weighted by atomic mass is 16.6. The highest BCUT2D eigenvalue weighted by Crippen LogP contribution is 2.32. The number of rotatable bonds is 4. The van der Waals surface area contributed by atoms with Crippen LogP contribution in [0.5, 0.6) is 0 Å². The Labute approximate surface area is 102 Å². The minimum atomic E-state index is -0.185. The van der Waals surface area contributed by atoms with Gasteiger partial charge in [0.1, 0.15) is 0 Å². The van der Waals surface area contributed by atoms with Crippen LogP contribution in [0.15, 0.2) is 0 Å². The SMILES string of the molecule is CCOC(=O)CNC1CCOC2(CCOC2)C1. The third kappa shape index (κ3) is 3.40. The molecule has 0 amide bonds. The second kappa shape index (κ2) is 5.80. The maximum atomic E-state index is 11.3. The van der Waals surface area contributed by atoms with E-state index in [2.05, 4.69) is 5.32 Å². The van der Waals surface area contributed by atoms with Gasteiger partial charge in [-0.25, -0.2) is 0 Å². The summed E-state index contributed by atoms with van der Waals surface area (Å²) >= 11 is 0. The molecule has 1 spiro atoms. The van der Waals surface area contributed by atoms with Gasteiger partial charge in [-0.2, -0.15) is 0 Å². The van der Waals surface area contributed by atoms with Gasteiger partial charge in [0.05, 0.1) is 25.4 Å². The van der Waals surface area contributed by atoms with Gasteiger partial charge < -0.3 is 19.5 Å². The van der Waals surface area contributed by atoms with E-state index in [-0.39, 0.29) is 18.1 Å². The van der Waals surface area contributed by atoms with E-state index in [0.717, 1.165) is 32.5 Å². The van der Waals surface area contributed by atoms with Crippen molar-refractivity contribution in [3.63, 3.8) is 0 Å². The second-order valence-electron chi connectivity index (χ2n) is 4.71. The lowest BCUT2D eigenvalue weighted by Gasteiger charge is -2.37. The van der Waals surface area contributed by atoms with Crippen molar-refractivity contribution in [1.29, 1.82) is 0 Å². The molecule has 5 heteroatoms. The molecule has 0 aromatic carbocycles. The van der Waals surface area contributed by atoms with Crippen LogP contribution >= 0.6 is 0 Å². The largest absolute Gasteiger partial charge is 0.465 e. The molecule has 2 atom stereocenters. The smallest absolute Gasteiger partial charge is 0.319 e. The van der Waals surface area contributed by atoms with Gasteiger partial charge in [0.15, 0.2) is 0 Å². The minimum Gasteiger partial charge on any atom is -0.465 e. The molecule has 1 N–H and O–H groups in total. The first kappa shape index (κ1) is 12.8. The number of carbonyl (C=O) groups is 1. The molecular weight excluding hydrogens is 222 g/mol. The van der Waals surface area contributed by atoms with E-state index in [0.29, 0.717) is 19.3 Å². The van der Waals surface area contributed by atoms with Gasteiger partial charge in [-0.15, -0.1) is 0 Å². The number of ether oxygens (including phenoxy) is 3. The molecule has 0 bridgehead atoms. The first-order valence-electron chi connectivity index (χ1n) is 6.35. The molecule has 98 valence electrons. The molecule has 2 aliphatic rings. The van der Waals surface area contributed by atoms with E-state index in [4.69, 9.17) is 14.2 Å². The Kier molecular flexibility index (Phi) is 4.36. The van der Waals surface area contributed by atoms with Gasteiger partial charge in [-0.05, 0) is 19.8 Å². The fraction of sp³-hybridized carbons (Fsp3) is 0.917. The molecule has 2 saturated heterocycles. The summed E-state index contributed by atoms with van der Waals surface area (Å²) in [5.74, 6) is -0.185. The van der Waals surface area contributed by atoms with Crippen molar-refractivity contribution in [2.45, 2.75) is 37.8 Å². The van der Waals surface area contributed by atoms with Crippen molar-refractivity contribution in [2.24, 2.45) is 0 Å². The Morgan fingerprint density at radius 3 is 3.12 bits per heavy atom. The molecule has 5 nitrogen and oxygen atoms in total. The summed E-state index contributed by atoms with van der Waals surface area (Å²) in [6, 6.07) is 0.329. The summed E-state index contributed by atoms with van der Waals surface area (Å²) in [7, 11) is 0. The zero-order valence-corrected chi connectivity index (χ0v) is 10.4. The van der Waals surface area contributed by atoms with Crippen LogP contribution in [0.1, 0.15) is 26.2 Å². The summed E-state index contributed by atoms with van der Waals surface area (Å²) in [5.41, 5.74) is -0.107.